The second-order valence-electron chi connectivity index (χ2n) is 8.17. The first kappa shape index (κ1) is 22.0. The van der Waals surface area contributed by atoms with Gasteiger partial charge < -0.3 is 10.5 Å². The van der Waals surface area contributed by atoms with Gasteiger partial charge in [-0.2, -0.15) is 0 Å². The molecule has 3 rings (SSSR count). The number of halogens is 4. The highest BCUT2D eigenvalue weighted by Gasteiger charge is 2.21. The van der Waals surface area contributed by atoms with E-state index >= 15 is 0 Å². The van der Waals surface area contributed by atoms with E-state index in [1.54, 1.807) is 0 Å². The zero-order chi connectivity index (χ0) is 22.1. The Kier molecular flexibility index (Phi) is 6.26. The van der Waals surface area contributed by atoms with E-state index in [1.165, 1.54) is 24.5 Å². The van der Waals surface area contributed by atoms with Crippen LogP contribution in [0.5, 0.6) is 5.88 Å². The van der Waals surface area contributed by atoms with Crippen LogP contribution in [0.3, 0.4) is 0 Å². The number of pyridine rings is 2. The third kappa shape index (κ3) is 5.05. The van der Waals surface area contributed by atoms with Gasteiger partial charge in [0.25, 0.3) is 6.43 Å². The van der Waals surface area contributed by atoms with Crippen LogP contribution in [0.4, 0.5) is 17.6 Å². The topological polar surface area (TPSA) is 61.0 Å². The average molecular weight is 421 g/mol. The normalized spacial score (nSPS) is 13.1. The summed E-state index contributed by atoms with van der Waals surface area (Å²) >= 11 is 0. The van der Waals surface area contributed by atoms with E-state index in [9.17, 15) is 17.6 Å². The largest absolute Gasteiger partial charge is 0.477 e. The lowest BCUT2D eigenvalue weighted by Crippen LogP contribution is -2.35. The summed E-state index contributed by atoms with van der Waals surface area (Å²) in [5.74, 6) is -1.75. The van der Waals surface area contributed by atoms with E-state index in [1.807, 2.05) is 20.8 Å². The predicted octanol–water partition coefficient (Wildman–Crippen LogP) is 5.65. The highest BCUT2D eigenvalue weighted by atomic mass is 19.3. The molecule has 0 aliphatic rings. The number of nitrogens with two attached hydrogens (primary N) is 1. The average Bonchev–Trinajstić information content (AvgIpc) is 2.64. The molecule has 4 nitrogen and oxygen atoms in total. The molecule has 0 radical (unpaired) electrons. The first-order valence-electron chi connectivity index (χ1n) is 9.49. The number of fused-ring (bicyclic) bond motifs is 1. The fourth-order valence-electron chi connectivity index (χ4n) is 3.52. The first-order valence-corrected chi connectivity index (χ1v) is 9.49. The van der Waals surface area contributed by atoms with Crippen molar-refractivity contribution in [2.75, 3.05) is 6.61 Å². The van der Waals surface area contributed by atoms with Gasteiger partial charge in [-0.05, 0) is 43.9 Å². The summed E-state index contributed by atoms with van der Waals surface area (Å²) in [4.78, 5) is 8.01. The van der Waals surface area contributed by atoms with Crippen LogP contribution < -0.4 is 10.5 Å². The van der Waals surface area contributed by atoms with Crippen molar-refractivity contribution in [2.24, 2.45) is 11.7 Å². The summed E-state index contributed by atoms with van der Waals surface area (Å²) in [5.41, 5.74) is 5.81. The van der Waals surface area contributed by atoms with Crippen molar-refractivity contribution < 1.29 is 22.3 Å². The molecule has 0 aliphatic heterocycles. The molecule has 0 unspecified atom stereocenters. The minimum Gasteiger partial charge on any atom is -0.477 e. The molecule has 0 aliphatic carbocycles. The lowest BCUT2D eigenvalue weighted by Gasteiger charge is -2.23. The van der Waals surface area contributed by atoms with Gasteiger partial charge in [0, 0.05) is 41.0 Å². The van der Waals surface area contributed by atoms with Crippen molar-refractivity contribution in [1.82, 2.24) is 9.97 Å². The number of alkyl halides is 2. The van der Waals surface area contributed by atoms with Crippen LogP contribution in [0.2, 0.25) is 0 Å². The maximum absolute atomic E-state index is 14.4. The number of hydrogen-bond acceptors (Lipinski definition) is 4. The lowest BCUT2D eigenvalue weighted by molar-refractivity contribution is 0.140. The maximum atomic E-state index is 14.4. The predicted molar refractivity (Wildman–Crippen MR) is 107 cm³/mol. The second-order valence-corrected chi connectivity index (χ2v) is 8.17. The minimum absolute atomic E-state index is 0.0325. The smallest absolute Gasteiger partial charge is 0.269 e. The van der Waals surface area contributed by atoms with E-state index in [2.05, 4.69) is 9.97 Å². The molecule has 30 heavy (non-hydrogen) atoms. The molecule has 1 atom stereocenters. The molecule has 2 N–H and O–H groups in total. The van der Waals surface area contributed by atoms with Gasteiger partial charge in [-0.1, -0.05) is 6.92 Å². The molecule has 0 saturated heterocycles. The van der Waals surface area contributed by atoms with Crippen LogP contribution in [0.15, 0.2) is 36.7 Å². The Bertz CT molecular complexity index is 1050. The van der Waals surface area contributed by atoms with Crippen LogP contribution >= 0.6 is 0 Å². The third-order valence-corrected chi connectivity index (χ3v) is 4.56. The fraction of sp³-hybridized carbons (Fsp3) is 0.364. The number of nitrogens with zero attached hydrogens (tertiary/aromatic N) is 2. The highest BCUT2D eigenvalue weighted by molar-refractivity contribution is 5.94. The molecule has 2 heterocycles. The van der Waals surface area contributed by atoms with Gasteiger partial charge in [-0.25, -0.2) is 22.5 Å². The number of rotatable bonds is 7. The van der Waals surface area contributed by atoms with E-state index in [-0.39, 0.29) is 40.4 Å². The third-order valence-electron chi connectivity index (χ3n) is 4.56. The van der Waals surface area contributed by atoms with Crippen LogP contribution in [-0.2, 0) is 0 Å². The SMILES string of the molecule is C[C@H](COc1ncc(-c2ccnc3cc(F)cc(F)c23)cc1C(F)F)CC(C)(C)N. The Balaban J connectivity index is 1.96. The molecule has 2 aromatic heterocycles. The summed E-state index contributed by atoms with van der Waals surface area (Å²) in [6.07, 6.45) is 0.493. The molecule has 8 heteroatoms. The number of hydrogen-bond donors (Lipinski definition) is 1. The monoisotopic (exact) mass is 421 g/mol. The van der Waals surface area contributed by atoms with Gasteiger partial charge in [0.15, 0.2) is 0 Å². The van der Waals surface area contributed by atoms with Gasteiger partial charge in [0.05, 0.1) is 17.7 Å². The summed E-state index contributed by atoms with van der Waals surface area (Å²) in [5, 5.41) is 0.0355. The molecule has 3 aromatic rings. The molecule has 0 spiro atoms. The Morgan fingerprint density at radius 3 is 2.53 bits per heavy atom. The Labute approximate surface area is 172 Å². The minimum atomic E-state index is -2.84. The van der Waals surface area contributed by atoms with Gasteiger partial charge in [0.1, 0.15) is 11.6 Å². The zero-order valence-corrected chi connectivity index (χ0v) is 16.9. The lowest BCUT2D eigenvalue weighted by atomic mass is 9.93. The Morgan fingerprint density at radius 2 is 1.87 bits per heavy atom. The highest BCUT2D eigenvalue weighted by Crippen LogP contribution is 2.35. The van der Waals surface area contributed by atoms with Gasteiger partial charge in [-0.15, -0.1) is 0 Å². The van der Waals surface area contributed by atoms with Crippen LogP contribution in [-0.4, -0.2) is 22.1 Å². The quantitative estimate of drug-likeness (QED) is 0.501. The van der Waals surface area contributed by atoms with Crippen molar-refractivity contribution >= 4 is 10.9 Å². The molecule has 0 saturated carbocycles. The molecular formula is C22H23F4N3O. The molecule has 0 fully saturated rings. The maximum Gasteiger partial charge on any atom is 0.269 e. The van der Waals surface area contributed by atoms with E-state index < -0.39 is 29.2 Å². The van der Waals surface area contributed by atoms with Crippen molar-refractivity contribution in [3.63, 3.8) is 0 Å². The van der Waals surface area contributed by atoms with E-state index in [0.717, 1.165) is 12.1 Å². The van der Waals surface area contributed by atoms with Crippen LogP contribution in [0.1, 0.15) is 39.2 Å². The summed E-state index contributed by atoms with van der Waals surface area (Å²) in [6, 6.07) is 4.50. The molecule has 0 bridgehead atoms. The van der Waals surface area contributed by atoms with Gasteiger partial charge in [-0.3, -0.25) is 4.98 Å². The molecule has 0 amide bonds. The van der Waals surface area contributed by atoms with Crippen LogP contribution in [0.25, 0.3) is 22.0 Å². The summed E-state index contributed by atoms with van der Waals surface area (Å²) < 4.78 is 60.8. The van der Waals surface area contributed by atoms with Gasteiger partial charge >= 0.3 is 0 Å². The van der Waals surface area contributed by atoms with E-state index in [4.69, 9.17) is 10.5 Å². The first-order chi connectivity index (χ1) is 14.0. The molecule has 160 valence electrons. The van der Waals surface area contributed by atoms with Crippen molar-refractivity contribution in [2.45, 2.75) is 39.2 Å². The van der Waals surface area contributed by atoms with Crippen molar-refractivity contribution in [3.05, 3.63) is 53.9 Å². The van der Waals surface area contributed by atoms with Crippen LogP contribution in [0, 0.1) is 17.6 Å². The Morgan fingerprint density at radius 1 is 1.13 bits per heavy atom. The summed E-state index contributed by atoms with van der Waals surface area (Å²) in [7, 11) is 0. The summed E-state index contributed by atoms with van der Waals surface area (Å²) in [6.45, 7) is 5.85. The molecular weight excluding hydrogens is 398 g/mol. The fourth-order valence-corrected chi connectivity index (χ4v) is 3.52. The zero-order valence-electron chi connectivity index (χ0n) is 16.9. The standard InChI is InChI=1S/C22H23F4N3O/c1-12(9-22(2,3)27)11-30-21-16(20(25)26)6-13(10-29-21)15-4-5-28-18-8-14(23)7-17(24)19(15)18/h4-8,10,12,20H,9,11,27H2,1-3H3/t12-/m0/s1. The van der Waals surface area contributed by atoms with Gasteiger partial charge in [0.2, 0.25) is 5.88 Å². The number of ether oxygens (including phenoxy) is 1. The Hall–Kier alpha value is -2.74. The number of benzene rings is 1. The van der Waals surface area contributed by atoms with Crippen molar-refractivity contribution in [1.29, 1.82) is 0 Å². The van der Waals surface area contributed by atoms with E-state index in [0.29, 0.717) is 6.42 Å². The second kappa shape index (κ2) is 8.55. The van der Waals surface area contributed by atoms with Crippen molar-refractivity contribution in [3.8, 4) is 17.0 Å². The molecule has 1 aromatic carbocycles. The number of aromatic nitrogens is 2.